The fourth-order valence-electron chi connectivity index (χ4n) is 3.66. The van der Waals surface area contributed by atoms with E-state index in [9.17, 15) is 4.79 Å². The molecular weight excluding hydrogens is 278 g/mol. The summed E-state index contributed by atoms with van der Waals surface area (Å²) >= 11 is 0. The van der Waals surface area contributed by atoms with Gasteiger partial charge in [0.25, 0.3) is 0 Å². The first-order valence-electron chi connectivity index (χ1n) is 7.71. The molecule has 0 spiro atoms. The zero-order valence-electron chi connectivity index (χ0n) is 12.6. The Bertz CT molecular complexity index is 650. The minimum absolute atomic E-state index is 0.125. The molecule has 22 heavy (non-hydrogen) atoms. The minimum atomic E-state index is -0.242. The van der Waals surface area contributed by atoms with Gasteiger partial charge in [-0.05, 0) is 18.1 Å². The van der Waals surface area contributed by atoms with Crippen molar-refractivity contribution >= 4 is 6.09 Å². The van der Waals surface area contributed by atoms with Gasteiger partial charge < -0.3 is 14.4 Å². The van der Waals surface area contributed by atoms with Gasteiger partial charge in [-0.3, -0.25) is 0 Å². The summed E-state index contributed by atoms with van der Waals surface area (Å²) in [6, 6.07) is 9.77. The van der Waals surface area contributed by atoms with Gasteiger partial charge in [0, 0.05) is 19.0 Å². The van der Waals surface area contributed by atoms with Crippen molar-refractivity contribution in [1.82, 2.24) is 4.90 Å². The molecule has 0 saturated carbocycles. The van der Waals surface area contributed by atoms with Crippen molar-refractivity contribution < 1.29 is 14.3 Å². The van der Waals surface area contributed by atoms with Crippen molar-refractivity contribution in [1.29, 1.82) is 0 Å². The van der Waals surface area contributed by atoms with Crippen molar-refractivity contribution in [2.24, 2.45) is 5.92 Å². The lowest BCUT2D eigenvalue weighted by Gasteiger charge is -2.34. The molecule has 4 heteroatoms. The smallest absolute Gasteiger partial charge is 0.410 e. The molecule has 0 radical (unpaired) electrons. The lowest BCUT2D eigenvalue weighted by atomic mass is 9.83. The number of hydrogen-bond acceptors (Lipinski definition) is 3. The van der Waals surface area contributed by atoms with E-state index in [0.29, 0.717) is 25.6 Å². The van der Waals surface area contributed by atoms with E-state index < -0.39 is 0 Å². The van der Waals surface area contributed by atoms with Gasteiger partial charge in [0.1, 0.15) is 6.61 Å². The first-order chi connectivity index (χ1) is 10.7. The molecule has 3 atom stereocenters. The van der Waals surface area contributed by atoms with Crippen LogP contribution in [0.2, 0.25) is 0 Å². The van der Waals surface area contributed by atoms with Gasteiger partial charge in [-0.2, -0.15) is 0 Å². The number of amides is 1. The molecule has 1 saturated heterocycles. The molecule has 0 aliphatic carbocycles. The van der Waals surface area contributed by atoms with E-state index in [1.807, 2.05) is 30.3 Å². The summed E-state index contributed by atoms with van der Waals surface area (Å²) in [5, 5.41) is 0. The Morgan fingerprint density at radius 1 is 1.32 bits per heavy atom. The third-order valence-corrected chi connectivity index (χ3v) is 4.68. The Morgan fingerprint density at radius 3 is 2.95 bits per heavy atom. The summed E-state index contributed by atoms with van der Waals surface area (Å²) in [6.07, 6.45) is 4.26. The maximum atomic E-state index is 12.3. The highest BCUT2D eigenvalue weighted by Crippen LogP contribution is 2.42. The lowest BCUT2D eigenvalue weighted by molar-refractivity contribution is 0.0801. The second-order valence-electron chi connectivity index (χ2n) is 6.17. The van der Waals surface area contributed by atoms with Gasteiger partial charge in [0.05, 0.1) is 12.2 Å². The third kappa shape index (κ3) is 2.24. The first kappa shape index (κ1) is 13.6. The molecule has 0 N–H and O–H groups in total. The predicted molar refractivity (Wildman–Crippen MR) is 82.2 cm³/mol. The Balaban J connectivity index is 1.42. The van der Waals surface area contributed by atoms with Crippen LogP contribution >= 0.6 is 0 Å². The van der Waals surface area contributed by atoms with Crippen molar-refractivity contribution in [3.8, 4) is 0 Å². The van der Waals surface area contributed by atoms with Crippen LogP contribution < -0.4 is 0 Å². The van der Waals surface area contributed by atoms with Gasteiger partial charge in [-0.1, -0.05) is 48.1 Å². The van der Waals surface area contributed by atoms with Crippen LogP contribution in [0, 0.1) is 5.92 Å². The van der Waals surface area contributed by atoms with Crippen LogP contribution in [0.15, 0.2) is 53.6 Å². The van der Waals surface area contributed by atoms with Crippen molar-refractivity contribution in [2.75, 3.05) is 13.1 Å². The molecule has 114 valence electrons. The number of nitrogens with zero attached hydrogens (tertiary/aromatic N) is 1. The van der Waals surface area contributed by atoms with E-state index in [4.69, 9.17) is 9.47 Å². The minimum Gasteiger partial charge on any atom is -0.445 e. The van der Waals surface area contributed by atoms with E-state index in [2.05, 4.69) is 19.1 Å². The first-order valence-corrected chi connectivity index (χ1v) is 7.71. The van der Waals surface area contributed by atoms with Gasteiger partial charge in [-0.15, -0.1) is 0 Å². The average Bonchev–Trinajstić information content (AvgIpc) is 3.15. The van der Waals surface area contributed by atoms with E-state index in [-0.39, 0.29) is 18.3 Å². The quantitative estimate of drug-likeness (QED) is 0.788. The van der Waals surface area contributed by atoms with Crippen LogP contribution in [0.3, 0.4) is 0 Å². The molecule has 1 aromatic carbocycles. The summed E-state index contributed by atoms with van der Waals surface area (Å²) < 4.78 is 11.3. The van der Waals surface area contributed by atoms with Gasteiger partial charge in [0.15, 0.2) is 0 Å². The number of fused-ring (bicyclic) bond motifs is 5. The molecule has 3 aliphatic heterocycles. The van der Waals surface area contributed by atoms with Crippen LogP contribution in [0.25, 0.3) is 0 Å². The Hall–Kier alpha value is -2.07. The summed E-state index contributed by atoms with van der Waals surface area (Å²) in [6.45, 7) is 3.74. The monoisotopic (exact) mass is 297 g/mol. The van der Waals surface area contributed by atoms with E-state index >= 15 is 0 Å². The van der Waals surface area contributed by atoms with Crippen LogP contribution in [0.4, 0.5) is 4.79 Å². The lowest BCUT2D eigenvalue weighted by Crippen LogP contribution is -2.43. The molecule has 1 fully saturated rings. The largest absolute Gasteiger partial charge is 0.445 e. The number of ether oxygens (including phenoxy) is 2. The molecule has 3 aliphatic rings. The van der Waals surface area contributed by atoms with Crippen LogP contribution in [-0.2, 0) is 16.1 Å². The fraction of sp³-hybridized carbons (Fsp3) is 0.389. The van der Waals surface area contributed by atoms with Crippen LogP contribution in [0.1, 0.15) is 12.5 Å². The van der Waals surface area contributed by atoms with Crippen molar-refractivity contribution in [3.63, 3.8) is 0 Å². The molecule has 3 heterocycles. The Kier molecular flexibility index (Phi) is 3.26. The molecule has 4 rings (SSSR count). The molecule has 0 unspecified atom stereocenters. The zero-order valence-corrected chi connectivity index (χ0v) is 12.6. The van der Waals surface area contributed by atoms with Crippen molar-refractivity contribution in [3.05, 3.63) is 59.2 Å². The number of rotatable bonds is 2. The van der Waals surface area contributed by atoms with E-state index in [1.54, 1.807) is 4.90 Å². The van der Waals surface area contributed by atoms with E-state index in [0.717, 1.165) is 5.56 Å². The number of hydrogen-bond donors (Lipinski definition) is 0. The summed E-state index contributed by atoms with van der Waals surface area (Å²) in [7, 11) is 0. The maximum Gasteiger partial charge on any atom is 0.410 e. The zero-order chi connectivity index (χ0) is 15.1. The van der Waals surface area contributed by atoms with Gasteiger partial charge >= 0.3 is 6.09 Å². The average molecular weight is 297 g/mol. The molecule has 0 aromatic heterocycles. The molecule has 1 aromatic rings. The fourth-order valence-corrected chi connectivity index (χ4v) is 3.66. The molecule has 4 nitrogen and oxygen atoms in total. The predicted octanol–water partition coefficient (Wildman–Crippen LogP) is 2.91. The van der Waals surface area contributed by atoms with Gasteiger partial charge in [-0.25, -0.2) is 4.79 Å². The van der Waals surface area contributed by atoms with Crippen LogP contribution in [0.5, 0.6) is 0 Å². The van der Waals surface area contributed by atoms with E-state index in [1.165, 1.54) is 11.1 Å². The second-order valence-corrected chi connectivity index (χ2v) is 6.17. The van der Waals surface area contributed by atoms with Crippen molar-refractivity contribution in [2.45, 2.75) is 25.7 Å². The maximum absolute atomic E-state index is 12.3. The summed E-state index contributed by atoms with van der Waals surface area (Å²) in [5.74, 6) is 0.299. The second kappa shape index (κ2) is 5.29. The normalized spacial score (nSPS) is 29.0. The Labute approximate surface area is 130 Å². The molecule has 2 bridgehead atoms. The summed E-state index contributed by atoms with van der Waals surface area (Å²) in [4.78, 5) is 14.1. The molecule has 1 amide bonds. The number of carbonyl (C=O) groups excluding carboxylic acids is 1. The highest BCUT2D eigenvalue weighted by molar-refractivity contribution is 5.69. The SMILES string of the molecule is CC1=C2[C@H]3C=C[C@H](O3)[C@H]2CN(C(=O)OCc2ccccc2)C1. The number of carbonyl (C=O) groups is 1. The van der Waals surface area contributed by atoms with Gasteiger partial charge in [0.2, 0.25) is 0 Å². The topological polar surface area (TPSA) is 38.8 Å². The Morgan fingerprint density at radius 2 is 2.14 bits per heavy atom. The highest BCUT2D eigenvalue weighted by atomic mass is 16.6. The highest BCUT2D eigenvalue weighted by Gasteiger charge is 2.45. The summed E-state index contributed by atoms with van der Waals surface area (Å²) in [5.41, 5.74) is 3.62. The third-order valence-electron chi connectivity index (χ3n) is 4.68. The number of benzene rings is 1. The molecular formula is C18H19NO3. The standard InChI is InChI=1S/C18H19NO3/c1-12-9-19(10-14-15-7-8-16(22-15)17(12)14)18(20)21-11-13-5-3-2-4-6-13/h2-8,14-16H,9-11H2,1H3/t14-,15+,16-/m1/s1. The van der Waals surface area contributed by atoms with Crippen LogP contribution in [-0.4, -0.2) is 36.3 Å².